The number of aliphatic carboxylic acids is 1. The minimum Gasteiger partial charge on any atom is -0.481 e. The Labute approximate surface area is 70.6 Å². The van der Waals surface area contributed by atoms with Crippen LogP contribution in [0.2, 0.25) is 0 Å². The molecule has 0 aromatic rings. The smallest absolute Gasteiger partial charge is 0.306 e. The van der Waals surface area contributed by atoms with Gasteiger partial charge in [0.05, 0.1) is 19.3 Å². The summed E-state index contributed by atoms with van der Waals surface area (Å²) in [6, 6.07) is 0. The van der Waals surface area contributed by atoms with Gasteiger partial charge in [0.25, 0.3) is 0 Å². The summed E-state index contributed by atoms with van der Waals surface area (Å²) in [4.78, 5) is 10.5. The molecular formula is C8H14F2O2. The number of hydrogen-bond donors (Lipinski definition) is 1. The molecule has 0 aliphatic carbocycles. The summed E-state index contributed by atoms with van der Waals surface area (Å²) in [7, 11) is 0. The van der Waals surface area contributed by atoms with Crippen LogP contribution in [0.15, 0.2) is 0 Å². The van der Waals surface area contributed by atoms with Crippen molar-refractivity contribution in [3.63, 3.8) is 0 Å². The van der Waals surface area contributed by atoms with Crippen LogP contribution in [0, 0.1) is 5.92 Å². The first-order valence-electron chi connectivity index (χ1n) is 4.07. The molecule has 0 bridgehead atoms. The normalized spacial score (nSPS) is 10.6. The highest BCUT2D eigenvalue weighted by Crippen LogP contribution is 2.14. The fourth-order valence-electron chi connectivity index (χ4n) is 1.04. The molecule has 0 aromatic heterocycles. The molecule has 2 nitrogen and oxygen atoms in total. The lowest BCUT2D eigenvalue weighted by Crippen LogP contribution is -2.14. The fraction of sp³-hybridized carbons (Fsp3) is 0.875. The van der Waals surface area contributed by atoms with Gasteiger partial charge in [0.15, 0.2) is 0 Å². The van der Waals surface area contributed by atoms with E-state index in [1.807, 2.05) is 0 Å². The second-order valence-corrected chi connectivity index (χ2v) is 2.70. The van der Waals surface area contributed by atoms with Crippen LogP contribution in [0.5, 0.6) is 0 Å². The van der Waals surface area contributed by atoms with Crippen LogP contribution < -0.4 is 0 Å². The van der Waals surface area contributed by atoms with Crippen molar-refractivity contribution in [2.24, 2.45) is 5.92 Å². The topological polar surface area (TPSA) is 37.3 Å². The Morgan fingerprint density at radius 2 is 1.58 bits per heavy atom. The van der Waals surface area contributed by atoms with Crippen molar-refractivity contribution in [3.8, 4) is 0 Å². The fourth-order valence-corrected chi connectivity index (χ4v) is 1.04. The standard InChI is InChI=1S/C8H14F2O2/c9-5-1-3-7(8(11)12)4-2-6-10/h7H,1-6H2,(H,11,12). The highest BCUT2D eigenvalue weighted by Gasteiger charge is 2.15. The molecule has 0 fully saturated rings. The average Bonchev–Trinajstić information content (AvgIpc) is 2.04. The Hall–Kier alpha value is -0.670. The van der Waals surface area contributed by atoms with Crippen LogP contribution in [0.1, 0.15) is 25.7 Å². The molecule has 0 spiro atoms. The number of halogens is 2. The van der Waals surface area contributed by atoms with Crippen LogP contribution in [-0.4, -0.2) is 24.4 Å². The van der Waals surface area contributed by atoms with E-state index in [-0.39, 0.29) is 12.8 Å². The van der Waals surface area contributed by atoms with E-state index in [2.05, 4.69) is 0 Å². The SMILES string of the molecule is O=C(O)C(CCCF)CCCF. The maximum atomic E-state index is 11.7. The van der Waals surface area contributed by atoms with Crippen LogP contribution in [0.3, 0.4) is 0 Å². The Morgan fingerprint density at radius 1 is 1.17 bits per heavy atom. The number of alkyl halides is 2. The van der Waals surface area contributed by atoms with Crippen molar-refractivity contribution in [2.45, 2.75) is 25.7 Å². The first-order valence-corrected chi connectivity index (χ1v) is 4.07. The van der Waals surface area contributed by atoms with Gasteiger partial charge in [-0.25, -0.2) is 0 Å². The summed E-state index contributed by atoms with van der Waals surface area (Å²) in [6.45, 7) is -1.00. The summed E-state index contributed by atoms with van der Waals surface area (Å²) in [5.74, 6) is -1.52. The highest BCUT2D eigenvalue weighted by molar-refractivity contribution is 5.69. The summed E-state index contributed by atoms with van der Waals surface area (Å²) >= 11 is 0. The number of hydrogen-bond acceptors (Lipinski definition) is 1. The quantitative estimate of drug-likeness (QED) is 0.652. The molecule has 0 unspecified atom stereocenters. The van der Waals surface area contributed by atoms with Gasteiger partial charge in [0, 0.05) is 0 Å². The first-order chi connectivity index (χ1) is 5.72. The van der Waals surface area contributed by atoms with Gasteiger partial charge in [-0.05, 0) is 25.7 Å². The molecule has 0 saturated carbocycles. The Bertz CT molecular complexity index is 120. The summed E-state index contributed by atoms with van der Waals surface area (Å²) in [5, 5.41) is 8.58. The summed E-state index contributed by atoms with van der Waals surface area (Å²) in [6.07, 6.45) is 1.13. The van der Waals surface area contributed by atoms with Gasteiger partial charge >= 0.3 is 5.97 Å². The van der Waals surface area contributed by atoms with Crippen LogP contribution >= 0.6 is 0 Å². The summed E-state index contributed by atoms with van der Waals surface area (Å²) in [5.41, 5.74) is 0. The minimum atomic E-state index is -0.947. The highest BCUT2D eigenvalue weighted by atomic mass is 19.1. The second kappa shape index (κ2) is 7.00. The summed E-state index contributed by atoms with van der Waals surface area (Å²) < 4.78 is 23.3. The molecular weight excluding hydrogens is 166 g/mol. The lowest BCUT2D eigenvalue weighted by Gasteiger charge is -2.08. The van der Waals surface area contributed by atoms with Crippen LogP contribution in [0.4, 0.5) is 8.78 Å². The Kier molecular flexibility index (Phi) is 6.61. The minimum absolute atomic E-state index is 0.253. The number of carbonyl (C=O) groups is 1. The molecule has 12 heavy (non-hydrogen) atoms. The van der Waals surface area contributed by atoms with Gasteiger partial charge in [-0.1, -0.05) is 0 Å². The lowest BCUT2D eigenvalue weighted by atomic mass is 9.98. The number of carboxylic acids is 1. The predicted octanol–water partition coefficient (Wildman–Crippen LogP) is 2.19. The van der Waals surface area contributed by atoms with Crippen LogP contribution in [-0.2, 0) is 4.79 Å². The van der Waals surface area contributed by atoms with Gasteiger partial charge in [0.2, 0.25) is 0 Å². The first kappa shape index (κ1) is 11.3. The molecule has 0 aromatic carbocycles. The third kappa shape index (κ3) is 5.04. The molecule has 0 aliphatic heterocycles. The maximum Gasteiger partial charge on any atom is 0.306 e. The van der Waals surface area contributed by atoms with E-state index in [1.165, 1.54) is 0 Å². The van der Waals surface area contributed by atoms with E-state index >= 15 is 0 Å². The van der Waals surface area contributed by atoms with E-state index in [4.69, 9.17) is 5.11 Å². The van der Waals surface area contributed by atoms with Crippen molar-refractivity contribution in [3.05, 3.63) is 0 Å². The third-order valence-electron chi connectivity index (χ3n) is 1.72. The Balaban J connectivity index is 3.62. The molecule has 72 valence electrons. The zero-order valence-electron chi connectivity index (χ0n) is 6.93. The van der Waals surface area contributed by atoms with E-state index in [1.54, 1.807) is 0 Å². The van der Waals surface area contributed by atoms with Crippen molar-refractivity contribution in [1.29, 1.82) is 0 Å². The molecule has 1 N–H and O–H groups in total. The monoisotopic (exact) mass is 180 g/mol. The zero-order chi connectivity index (χ0) is 9.40. The van der Waals surface area contributed by atoms with E-state index in [9.17, 15) is 13.6 Å². The molecule has 0 saturated heterocycles. The van der Waals surface area contributed by atoms with Crippen molar-refractivity contribution < 1.29 is 18.7 Å². The van der Waals surface area contributed by atoms with Crippen LogP contribution in [0.25, 0.3) is 0 Å². The zero-order valence-corrected chi connectivity index (χ0v) is 6.93. The van der Waals surface area contributed by atoms with Crippen molar-refractivity contribution in [1.82, 2.24) is 0 Å². The molecule has 0 aliphatic rings. The lowest BCUT2D eigenvalue weighted by molar-refractivity contribution is -0.142. The van der Waals surface area contributed by atoms with Gasteiger partial charge in [-0.3, -0.25) is 13.6 Å². The van der Waals surface area contributed by atoms with Crippen molar-refractivity contribution >= 4 is 5.97 Å². The van der Waals surface area contributed by atoms with Gasteiger partial charge in [0.1, 0.15) is 0 Å². The average molecular weight is 180 g/mol. The van der Waals surface area contributed by atoms with E-state index in [0.717, 1.165) is 0 Å². The molecule has 4 heteroatoms. The predicted molar refractivity (Wildman–Crippen MR) is 41.5 cm³/mol. The maximum absolute atomic E-state index is 11.7. The third-order valence-corrected chi connectivity index (χ3v) is 1.72. The number of carboxylic acid groups (broad SMARTS) is 1. The van der Waals surface area contributed by atoms with E-state index < -0.39 is 25.2 Å². The largest absolute Gasteiger partial charge is 0.481 e. The van der Waals surface area contributed by atoms with Gasteiger partial charge < -0.3 is 5.11 Å². The van der Waals surface area contributed by atoms with Gasteiger partial charge in [-0.15, -0.1) is 0 Å². The number of rotatable bonds is 7. The molecule has 0 radical (unpaired) electrons. The van der Waals surface area contributed by atoms with E-state index in [0.29, 0.717) is 12.8 Å². The van der Waals surface area contributed by atoms with Crippen molar-refractivity contribution in [2.75, 3.05) is 13.3 Å². The van der Waals surface area contributed by atoms with Gasteiger partial charge in [-0.2, -0.15) is 0 Å². The molecule has 0 amide bonds. The Morgan fingerprint density at radius 3 is 1.83 bits per heavy atom. The molecule has 0 heterocycles. The molecule has 0 atom stereocenters. The second-order valence-electron chi connectivity index (χ2n) is 2.70. The molecule has 0 rings (SSSR count).